The summed E-state index contributed by atoms with van der Waals surface area (Å²) in [6, 6.07) is 6.11. The molecule has 0 atom stereocenters. The van der Waals surface area contributed by atoms with Gasteiger partial charge in [-0.05, 0) is 46.0 Å². The Morgan fingerprint density at radius 2 is 1.89 bits per heavy atom. The Labute approximate surface area is 128 Å². The molecule has 0 amide bonds. The van der Waals surface area contributed by atoms with Crippen molar-refractivity contribution in [3.8, 4) is 5.75 Å². The van der Waals surface area contributed by atoms with E-state index in [0.29, 0.717) is 17.7 Å². The van der Waals surface area contributed by atoms with Gasteiger partial charge in [0.15, 0.2) is 0 Å². The summed E-state index contributed by atoms with van der Waals surface area (Å²) in [5.41, 5.74) is 1.16. The van der Waals surface area contributed by atoms with Crippen LogP contribution in [-0.2, 0) is 6.42 Å². The number of alkyl halides is 2. The van der Waals surface area contributed by atoms with Crippen LogP contribution in [0.3, 0.4) is 0 Å². The van der Waals surface area contributed by atoms with Gasteiger partial charge in [0.1, 0.15) is 5.75 Å². The van der Waals surface area contributed by atoms with Crippen LogP contribution in [0.25, 0.3) is 0 Å². The summed E-state index contributed by atoms with van der Waals surface area (Å²) in [6.45, 7) is 4.34. The average Bonchev–Trinajstić information content (AvgIpc) is 2.36. The number of ether oxygens (including phenoxy) is 1. The van der Waals surface area contributed by atoms with Crippen molar-refractivity contribution in [2.45, 2.75) is 20.3 Å². The molecule has 0 spiro atoms. The van der Waals surface area contributed by atoms with Crippen LogP contribution in [0.4, 0.5) is 0 Å². The lowest BCUT2D eigenvalue weighted by atomic mass is 9.76. The second-order valence-corrected chi connectivity index (χ2v) is 6.32. The number of hydrogen-bond donors (Lipinski definition) is 0. The first-order valence-corrected chi connectivity index (χ1v) is 7.79. The average molecular weight is 354 g/mol. The van der Waals surface area contributed by atoms with E-state index in [1.165, 1.54) is 5.56 Å². The van der Waals surface area contributed by atoms with E-state index >= 15 is 0 Å². The summed E-state index contributed by atoms with van der Waals surface area (Å²) < 4.78 is 6.19. The van der Waals surface area contributed by atoms with Crippen LogP contribution >= 0.6 is 39.1 Å². The van der Waals surface area contributed by atoms with Crippen LogP contribution in [-0.4, -0.2) is 18.9 Å². The first-order chi connectivity index (χ1) is 8.49. The predicted molar refractivity (Wildman–Crippen MR) is 83.1 cm³/mol. The Morgan fingerprint density at radius 3 is 2.28 bits per heavy atom. The van der Waals surface area contributed by atoms with Gasteiger partial charge < -0.3 is 4.74 Å². The molecule has 18 heavy (non-hydrogen) atoms. The van der Waals surface area contributed by atoms with Gasteiger partial charge in [-0.15, -0.1) is 23.2 Å². The van der Waals surface area contributed by atoms with E-state index in [-0.39, 0.29) is 5.41 Å². The van der Waals surface area contributed by atoms with Gasteiger partial charge in [0.25, 0.3) is 0 Å². The fraction of sp³-hybridized carbons (Fsp3) is 0.571. The molecule has 0 aromatic heterocycles. The standard InChI is InChI=1S/C14H19BrCl2O/c1-10(2)14(8-16,9-17)7-11-4-5-13(18-3)12(15)6-11/h4-6,10H,7-9H2,1-3H3. The zero-order chi connectivity index (χ0) is 13.8. The summed E-state index contributed by atoms with van der Waals surface area (Å²) in [4.78, 5) is 0. The Kier molecular flexibility index (Phi) is 6.29. The van der Waals surface area contributed by atoms with E-state index in [4.69, 9.17) is 27.9 Å². The maximum atomic E-state index is 6.15. The van der Waals surface area contributed by atoms with Crippen molar-refractivity contribution < 1.29 is 4.74 Å². The number of rotatable bonds is 6. The highest BCUT2D eigenvalue weighted by Gasteiger charge is 2.32. The van der Waals surface area contributed by atoms with Crippen molar-refractivity contribution in [1.29, 1.82) is 0 Å². The first-order valence-electron chi connectivity index (χ1n) is 5.93. The summed E-state index contributed by atoms with van der Waals surface area (Å²) in [6.07, 6.45) is 0.875. The maximum absolute atomic E-state index is 6.15. The monoisotopic (exact) mass is 352 g/mol. The van der Waals surface area contributed by atoms with Crippen LogP contribution in [0, 0.1) is 11.3 Å². The minimum atomic E-state index is -0.0584. The van der Waals surface area contributed by atoms with Crippen molar-refractivity contribution in [1.82, 2.24) is 0 Å². The fourth-order valence-electron chi connectivity index (χ4n) is 1.87. The number of benzene rings is 1. The smallest absolute Gasteiger partial charge is 0.133 e. The molecule has 4 heteroatoms. The molecule has 0 fully saturated rings. The highest BCUT2D eigenvalue weighted by molar-refractivity contribution is 9.10. The molecule has 0 aliphatic rings. The van der Waals surface area contributed by atoms with Crippen LogP contribution in [0.2, 0.25) is 0 Å². The van der Waals surface area contributed by atoms with Crippen molar-refractivity contribution in [2.24, 2.45) is 11.3 Å². The normalized spacial score (nSPS) is 11.9. The molecule has 0 unspecified atom stereocenters. The molecule has 1 aromatic rings. The molecule has 0 bridgehead atoms. The lowest BCUT2D eigenvalue weighted by Crippen LogP contribution is -2.34. The van der Waals surface area contributed by atoms with E-state index in [2.05, 4.69) is 41.9 Å². The van der Waals surface area contributed by atoms with Gasteiger partial charge >= 0.3 is 0 Å². The molecule has 0 radical (unpaired) electrons. The minimum Gasteiger partial charge on any atom is -0.496 e. The quantitative estimate of drug-likeness (QED) is 0.645. The molecule has 0 saturated heterocycles. The third kappa shape index (κ3) is 3.55. The number of methoxy groups -OCH3 is 1. The van der Waals surface area contributed by atoms with E-state index in [0.717, 1.165) is 16.6 Å². The second kappa shape index (κ2) is 7.02. The third-order valence-corrected chi connectivity index (χ3v) is 5.21. The van der Waals surface area contributed by atoms with Crippen molar-refractivity contribution in [3.05, 3.63) is 28.2 Å². The molecular weight excluding hydrogens is 335 g/mol. The van der Waals surface area contributed by atoms with E-state index in [1.54, 1.807) is 7.11 Å². The van der Waals surface area contributed by atoms with Crippen LogP contribution in [0.1, 0.15) is 19.4 Å². The minimum absolute atomic E-state index is 0.0584. The van der Waals surface area contributed by atoms with E-state index in [9.17, 15) is 0 Å². The van der Waals surface area contributed by atoms with Gasteiger partial charge in [-0.1, -0.05) is 19.9 Å². The third-order valence-electron chi connectivity index (χ3n) is 3.53. The fourth-order valence-corrected chi connectivity index (χ4v) is 3.55. The van der Waals surface area contributed by atoms with Crippen molar-refractivity contribution in [2.75, 3.05) is 18.9 Å². The van der Waals surface area contributed by atoms with Gasteiger partial charge in [-0.2, -0.15) is 0 Å². The highest BCUT2D eigenvalue weighted by Crippen LogP contribution is 2.36. The first kappa shape index (κ1) is 16.1. The summed E-state index contributed by atoms with van der Waals surface area (Å²) in [5, 5.41) is 0. The Bertz CT molecular complexity index is 389. The van der Waals surface area contributed by atoms with Crippen LogP contribution < -0.4 is 4.74 Å². The molecule has 0 N–H and O–H groups in total. The lowest BCUT2D eigenvalue weighted by Gasteiger charge is -2.34. The Balaban J connectivity index is 2.98. The molecule has 1 nitrogen and oxygen atoms in total. The Hall–Kier alpha value is 0.0800. The maximum Gasteiger partial charge on any atom is 0.133 e. The predicted octanol–water partition coefficient (Wildman–Crippen LogP) is 5.12. The van der Waals surface area contributed by atoms with Crippen LogP contribution in [0.15, 0.2) is 22.7 Å². The Morgan fingerprint density at radius 1 is 1.28 bits per heavy atom. The number of hydrogen-bond acceptors (Lipinski definition) is 1. The van der Waals surface area contributed by atoms with Crippen LogP contribution in [0.5, 0.6) is 5.75 Å². The van der Waals surface area contributed by atoms with Gasteiger partial charge in [0, 0.05) is 17.2 Å². The largest absolute Gasteiger partial charge is 0.496 e. The molecule has 1 rings (SSSR count). The lowest BCUT2D eigenvalue weighted by molar-refractivity contribution is 0.258. The molecular formula is C14H19BrCl2O. The van der Waals surface area contributed by atoms with Crippen molar-refractivity contribution in [3.63, 3.8) is 0 Å². The van der Waals surface area contributed by atoms with E-state index < -0.39 is 0 Å². The van der Waals surface area contributed by atoms with E-state index in [1.807, 2.05) is 6.07 Å². The van der Waals surface area contributed by atoms with Crippen molar-refractivity contribution >= 4 is 39.1 Å². The summed E-state index contributed by atoms with van der Waals surface area (Å²) >= 11 is 15.8. The zero-order valence-electron chi connectivity index (χ0n) is 11.0. The summed E-state index contributed by atoms with van der Waals surface area (Å²) in [5.74, 6) is 2.41. The zero-order valence-corrected chi connectivity index (χ0v) is 14.1. The molecule has 0 aliphatic heterocycles. The molecule has 0 saturated carbocycles. The second-order valence-electron chi connectivity index (χ2n) is 4.93. The highest BCUT2D eigenvalue weighted by atomic mass is 79.9. The van der Waals surface area contributed by atoms with Gasteiger partial charge in [-0.25, -0.2) is 0 Å². The molecule has 0 aliphatic carbocycles. The molecule has 102 valence electrons. The SMILES string of the molecule is COc1ccc(CC(CCl)(CCl)C(C)C)cc1Br. The molecule has 1 aromatic carbocycles. The number of halogens is 3. The summed E-state index contributed by atoms with van der Waals surface area (Å²) in [7, 11) is 1.66. The topological polar surface area (TPSA) is 9.23 Å². The van der Waals surface area contributed by atoms with Gasteiger partial charge in [-0.3, -0.25) is 0 Å². The van der Waals surface area contributed by atoms with Gasteiger partial charge in [0.05, 0.1) is 11.6 Å². The van der Waals surface area contributed by atoms with Gasteiger partial charge in [0.2, 0.25) is 0 Å². The molecule has 0 heterocycles.